The first-order valence-electron chi connectivity index (χ1n) is 11.3. The highest BCUT2D eigenvalue weighted by atomic mass is 35.5. The minimum absolute atomic E-state index is 0.136. The van der Waals surface area contributed by atoms with E-state index in [9.17, 15) is 9.90 Å². The Morgan fingerprint density at radius 1 is 1.11 bits per heavy atom. The Hall–Kier alpha value is -3.46. The zero-order valence-corrected chi connectivity index (χ0v) is 21.3. The molecule has 0 bridgehead atoms. The number of aromatic nitrogens is 3. The maximum atomic E-state index is 12.8. The van der Waals surface area contributed by atoms with Crippen molar-refractivity contribution < 1.29 is 14.6 Å². The van der Waals surface area contributed by atoms with Crippen LogP contribution in [0.25, 0.3) is 11.4 Å². The van der Waals surface area contributed by atoms with Crippen LogP contribution in [0.2, 0.25) is 5.02 Å². The molecular weight excluding hydrogens is 496 g/mol. The molecule has 2 aromatic carbocycles. The van der Waals surface area contributed by atoms with Crippen molar-refractivity contribution in [2.75, 3.05) is 11.1 Å². The van der Waals surface area contributed by atoms with Gasteiger partial charge in [-0.15, -0.1) is 0 Å². The molecule has 0 fully saturated rings. The van der Waals surface area contributed by atoms with Crippen LogP contribution in [0.3, 0.4) is 0 Å². The molecule has 182 valence electrons. The van der Waals surface area contributed by atoms with Gasteiger partial charge in [0, 0.05) is 40.0 Å². The first-order valence-corrected chi connectivity index (χ1v) is 12.7. The van der Waals surface area contributed by atoms with Gasteiger partial charge in [-0.25, -0.2) is 4.98 Å². The van der Waals surface area contributed by atoms with Crippen molar-refractivity contribution in [3.63, 3.8) is 0 Å². The van der Waals surface area contributed by atoms with Crippen LogP contribution < -0.4 is 10.1 Å². The topological polar surface area (TPSA) is 97.2 Å². The van der Waals surface area contributed by atoms with Crippen molar-refractivity contribution in [1.82, 2.24) is 15.0 Å². The Labute approximate surface area is 217 Å². The zero-order valence-electron chi connectivity index (χ0n) is 19.7. The molecule has 0 atom stereocenters. The predicted molar refractivity (Wildman–Crippen MR) is 141 cm³/mol. The van der Waals surface area contributed by atoms with Gasteiger partial charge >= 0.3 is 0 Å². The Morgan fingerprint density at radius 3 is 2.64 bits per heavy atom. The summed E-state index contributed by atoms with van der Waals surface area (Å²) in [4.78, 5) is 26.6. The lowest BCUT2D eigenvalue weighted by atomic mass is 9.99. The number of fused-ring (bicyclic) bond motifs is 2. The van der Waals surface area contributed by atoms with E-state index in [0.717, 1.165) is 27.9 Å². The molecule has 2 N–H and O–H groups in total. The molecule has 2 aromatic heterocycles. The van der Waals surface area contributed by atoms with Gasteiger partial charge in [-0.2, -0.15) is 4.98 Å². The molecular formula is C27H23ClN4O3S. The molecule has 3 heterocycles. The summed E-state index contributed by atoms with van der Waals surface area (Å²) in [6.07, 6.45) is 2.13. The van der Waals surface area contributed by atoms with Crippen LogP contribution >= 0.6 is 23.4 Å². The third kappa shape index (κ3) is 4.93. The molecule has 0 spiro atoms. The fourth-order valence-electron chi connectivity index (χ4n) is 3.97. The number of anilines is 1. The minimum Gasteiger partial charge on any atom is -0.436 e. The van der Waals surface area contributed by atoms with Gasteiger partial charge in [-0.1, -0.05) is 41.6 Å². The second kappa shape index (κ2) is 10.3. The number of carbonyl (C=O) groups is 1. The van der Waals surface area contributed by atoms with E-state index >= 15 is 0 Å². The number of para-hydroxylation sites is 1. The van der Waals surface area contributed by atoms with Crippen LogP contribution in [0.1, 0.15) is 27.9 Å². The summed E-state index contributed by atoms with van der Waals surface area (Å²) in [7, 11) is 0. The maximum absolute atomic E-state index is 12.8. The monoisotopic (exact) mass is 518 g/mol. The van der Waals surface area contributed by atoms with Crippen LogP contribution in [-0.4, -0.2) is 31.7 Å². The lowest BCUT2D eigenvalue weighted by molar-refractivity contribution is -0.113. The van der Waals surface area contributed by atoms with Gasteiger partial charge < -0.3 is 15.2 Å². The second-order valence-electron chi connectivity index (χ2n) is 8.41. The molecule has 0 saturated heterocycles. The molecule has 1 aliphatic rings. The Balaban J connectivity index is 1.50. The first kappa shape index (κ1) is 24.2. The molecule has 0 saturated carbocycles. The standard InChI is InChI=1S/C27H23ClN4O3S/c1-15-5-3-4-6-22(15)30-23(34)14-36-27-21-11-20-18(13-33)12-29-16(2)24(20)35-26(21)31-25(32-27)17-7-9-19(28)10-8-17/h3-10,12,33H,11,13-14H2,1-2H3,(H,30,34). The number of thioether (sulfide) groups is 1. The summed E-state index contributed by atoms with van der Waals surface area (Å²) >= 11 is 7.39. The first-order chi connectivity index (χ1) is 17.4. The normalized spacial score (nSPS) is 11.9. The largest absolute Gasteiger partial charge is 0.436 e. The number of carbonyl (C=O) groups excluding carboxylic acids is 1. The van der Waals surface area contributed by atoms with E-state index in [1.165, 1.54) is 11.8 Å². The number of hydrogen-bond acceptors (Lipinski definition) is 7. The fraction of sp³-hybridized carbons (Fsp3) is 0.185. The summed E-state index contributed by atoms with van der Waals surface area (Å²) in [6, 6.07) is 14.9. The Morgan fingerprint density at radius 2 is 1.89 bits per heavy atom. The number of benzene rings is 2. The van der Waals surface area contributed by atoms with Crippen molar-refractivity contribution in [1.29, 1.82) is 0 Å². The number of aliphatic hydroxyl groups excluding tert-OH is 1. The van der Waals surface area contributed by atoms with Gasteiger partial charge in [-0.05, 0) is 49.7 Å². The van der Waals surface area contributed by atoms with Crippen molar-refractivity contribution >= 4 is 35.0 Å². The highest BCUT2D eigenvalue weighted by Gasteiger charge is 2.28. The number of aryl methyl sites for hydroxylation is 2. The number of nitrogens with one attached hydrogen (secondary N) is 1. The zero-order chi connectivity index (χ0) is 25.2. The molecule has 36 heavy (non-hydrogen) atoms. The highest BCUT2D eigenvalue weighted by molar-refractivity contribution is 8.00. The second-order valence-corrected chi connectivity index (χ2v) is 9.81. The number of nitrogens with zero attached hydrogens (tertiary/aromatic N) is 3. The fourth-order valence-corrected chi connectivity index (χ4v) is 4.93. The number of hydrogen-bond donors (Lipinski definition) is 2. The number of ether oxygens (including phenoxy) is 1. The Bertz CT molecular complexity index is 1460. The van der Waals surface area contributed by atoms with E-state index in [2.05, 4.69) is 10.3 Å². The lowest BCUT2D eigenvalue weighted by Gasteiger charge is -2.24. The lowest BCUT2D eigenvalue weighted by Crippen LogP contribution is -2.16. The van der Waals surface area contributed by atoms with E-state index in [-0.39, 0.29) is 18.3 Å². The van der Waals surface area contributed by atoms with Crippen LogP contribution in [0.5, 0.6) is 11.6 Å². The summed E-state index contributed by atoms with van der Waals surface area (Å²) in [6.45, 7) is 3.66. The number of rotatable bonds is 6. The smallest absolute Gasteiger partial charge is 0.234 e. The SMILES string of the molecule is Cc1ccccc1NC(=O)CSc1nc(-c2ccc(Cl)cc2)nc2c1Cc1c(CO)cnc(C)c1O2. The van der Waals surface area contributed by atoms with E-state index in [0.29, 0.717) is 45.2 Å². The van der Waals surface area contributed by atoms with Crippen LogP contribution in [0, 0.1) is 13.8 Å². The quantitative estimate of drug-likeness (QED) is 0.219. The van der Waals surface area contributed by atoms with Crippen LogP contribution in [0.15, 0.2) is 59.8 Å². The van der Waals surface area contributed by atoms with Crippen molar-refractivity contribution in [3.8, 4) is 23.0 Å². The van der Waals surface area contributed by atoms with Gasteiger partial charge in [0.1, 0.15) is 5.03 Å². The molecule has 4 aromatic rings. The highest BCUT2D eigenvalue weighted by Crippen LogP contribution is 2.42. The molecule has 5 rings (SSSR count). The van der Waals surface area contributed by atoms with Gasteiger partial charge in [0.05, 0.1) is 23.6 Å². The third-order valence-electron chi connectivity index (χ3n) is 5.92. The third-order valence-corrected chi connectivity index (χ3v) is 7.19. The van der Waals surface area contributed by atoms with E-state index in [1.54, 1.807) is 18.3 Å². The van der Waals surface area contributed by atoms with E-state index < -0.39 is 0 Å². The molecule has 7 nitrogen and oxygen atoms in total. The maximum Gasteiger partial charge on any atom is 0.234 e. The molecule has 0 radical (unpaired) electrons. The molecule has 1 amide bonds. The molecule has 0 unspecified atom stereocenters. The predicted octanol–water partition coefficient (Wildman–Crippen LogP) is 5.73. The minimum atomic E-state index is -0.153. The average molecular weight is 519 g/mol. The molecule has 1 aliphatic heterocycles. The van der Waals surface area contributed by atoms with Gasteiger partial charge in [0.25, 0.3) is 0 Å². The van der Waals surface area contributed by atoms with Crippen LogP contribution in [0.4, 0.5) is 5.69 Å². The number of pyridine rings is 1. The van der Waals surface area contributed by atoms with Gasteiger partial charge in [-0.3, -0.25) is 9.78 Å². The Kier molecular flexibility index (Phi) is 6.91. The van der Waals surface area contributed by atoms with E-state index in [4.69, 9.17) is 26.3 Å². The van der Waals surface area contributed by atoms with Gasteiger partial charge in [0.15, 0.2) is 11.6 Å². The average Bonchev–Trinajstić information content (AvgIpc) is 2.88. The summed E-state index contributed by atoms with van der Waals surface area (Å²) < 4.78 is 6.23. The van der Waals surface area contributed by atoms with E-state index in [1.807, 2.05) is 50.2 Å². The molecule has 9 heteroatoms. The van der Waals surface area contributed by atoms with Crippen molar-refractivity contribution in [2.24, 2.45) is 0 Å². The number of amides is 1. The molecule has 0 aliphatic carbocycles. The summed E-state index contributed by atoms with van der Waals surface area (Å²) in [5, 5.41) is 14.1. The van der Waals surface area contributed by atoms with Crippen molar-refractivity contribution in [2.45, 2.75) is 31.9 Å². The number of halogens is 1. The van der Waals surface area contributed by atoms with Crippen LogP contribution in [-0.2, 0) is 17.8 Å². The van der Waals surface area contributed by atoms with Gasteiger partial charge in [0.2, 0.25) is 11.8 Å². The summed E-state index contributed by atoms with van der Waals surface area (Å²) in [5.41, 5.74) is 5.58. The number of aliphatic hydroxyl groups is 1. The summed E-state index contributed by atoms with van der Waals surface area (Å²) in [5.74, 6) is 1.52. The van der Waals surface area contributed by atoms with Crippen molar-refractivity contribution in [3.05, 3.63) is 87.7 Å².